The fraction of sp³-hybridized carbons (Fsp3) is 0.111. The van der Waals surface area contributed by atoms with Gasteiger partial charge in [-0.05, 0) is 24.3 Å². The van der Waals surface area contributed by atoms with Gasteiger partial charge in [0.15, 0.2) is 5.76 Å². The van der Waals surface area contributed by atoms with Gasteiger partial charge in [-0.1, -0.05) is 0 Å². The normalized spacial score (nSPS) is 10.7. The van der Waals surface area contributed by atoms with Crippen molar-refractivity contribution in [2.45, 2.75) is 0 Å². The first-order chi connectivity index (χ1) is 13.1. The number of anilines is 1. The van der Waals surface area contributed by atoms with E-state index in [9.17, 15) is 4.79 Å². The highest BCUT2D eigenvalue weighted by molar-refractivity contribution is 6.04. The SMILES string of the molecule is COc1ccc(-c2nn(C)cc2NC(=O)c2ccc(-c3cn[nH]c3)o2)nc1. The van der Waals surface area contributed by atoms with E-state index in [1.165, 1.54) is 0 Å². The summed E-state index contributed by atoms with van der Waals surface area (Å²) in [6.45, 7) is 0. The van der Waals surface area contributed by atoms with E-state index >= 15 is 0 Å². The fourth-order valence-corrected chi connectivity index (χ4v) is 2.59. The Bertz CT molecular complexity index is 1060. The smallest absolute Gasteiger partial charge is 0.291 e. The average molecular weight is 364 g/mol. The summed E-state index contributed by atoms with van der Waals surface area (Å²) >= 11 is 0. The second-order valence-electron chi connectivity index (χ2n) is 5.75. The Morgan fingerprint density at radius 1 is 1.26 bits per heavy atom. The molecule has 0 unspecified atom stereocenters. The Labute approximate surface area is 154 Å². The van der Waals surface area contributed by atoms with Crippen molar-refractivity contribution in [1.29, 1.82) is 0 Å². The highest BCUT2D eigenvalue weighted by Gasteiger charge is 2.18. The number of furan rings is 1. The summed E-state index contributed by atoms with van der Waals surface area (Å²) in [7, 11) is 3.34. The minimum absolute atomic E-state index is 0.184. The van der Waals surface area contributed by atoms with Crippen LogP contribution in [0.1, 0.15) is 10.6 Å². The molecule has 0 aliphatic heterocycles. The highest BCUT2D eigenvalue weighted by atomic mass is 16.5. The number of carbonyl (C=O) groups excluding carboxylic acids is 1. The third kappa shape index (κ3) is 3.30. The molecule has 4 aromatic rings. The Morgan fingerprint density at radius 3 is 2.85 bits per heavy atom. The predicted molar refractivity (Wildman–Crippen MR) is 97.2 cm³/mol. The summed E-state index contributed by atoms with van der Waals surface area (Å²) in [5, 5.41) is 13.8. The van der Waals surface area contributed by atoms with Crippen LogP contribution in [0, 0.1) is 0 Å². The molecule has 0 saturated heterocycles. The number of hydrogen-bond acceptors (Lipinski definition) is 6. The van der Waals surface area contributed by atoms with Gasteiger partial charge in [0.2, 0.25) is 0 Å². The number of amides is 1. The van der Waals surface area contributed by atoms with Gasteiger partial charge >= 0.3 is 0 Å². The molecule has 9 nitrogen and oxygen atoms in total. The van der Waals surface area contributed by atoms with E-state index in [0.29, 0.717) is 28.6 Å². The average Bonchev–Trinajstić information content (AvgIpc) is 3.42. The summed E-state index contributed by atoms with van der Waals surface area (Å²) < 4.78 is 12.3. The van der Waals surface area contributed by atoms with Crippen molar-refractivity contribution in [1.82, 2.24) is 25.0 Å². The van der Waals surface area contributed by atoms with Crippen LogP contribution in [0.15, 0.2) is 53.5 Å². The van der Waals surface area contributed by atoms with Crippen molar-refractivity contribution >= 4 is 11.6 Å². The summed E-state index contributed by atoms with van der Waals surface area (Å²) in [4.78, 5) is 16.9. The van der Waals surface area contributed by atoms with Crippen LogP contribution in [-0.2, 0) is 7.05 Å². The quantitative estimate of drug-likeness (QED) is 0.563. The number of ether oxygens (including phenoxy) is 1. The Balaban J connectivity index is 1.58. The number of hydrogen-bond donors (Lipinski definition) is 2. The molecule has 0 aliphatic rings. The van der Waals surface area contributed by atoms with E-state index in [2.05, 4.69) is 25.6 Å². The van der Waals surface area contributed by atoms with Crippen molar-refractivity contribution in [3.63, 3.8) is 0 Å². The van der Waals surface area contributed by atoms with Crippen molar-refractivity contribution in [3.8, 4) is 28.5 Å². The molecule has 0 spiro atoms. The van der Waals surface area contributed by atoms with Gasteiger partial charge in [0.1, 0.15) is 17.2 Å². The molecule has 0 radical (unpaired) electrons. The van der Waals surface area contributed by atoms with E-state index in [1.807, 2.05) is 0 Å². The van der Waals surface area contributed by atoms with Crippen LogP contribution < -0.4 is 10.1 Å². The molecule has 4 aromatic heterocycles. The number of aryl methyl sites for hydroxylation is 1. The molecule has 1 amide bonds. The molecule has 0 atom stereocenters. The van der Waals surface area contributed by atoms with Gasteiger partial charge in [-0.3, -0.25) is 19.6 Å². The van der Waals surface area contributed by atoms with Gasteiger partial charge < -0.3 is 14.5 Å². The molecule has 0 fully saturated rings. The number of pyridine rings is 1. The van der Waals surface area contributed by atoms with Crippen LogP contribution >= 0.6 is 0 Å². The van der Waals surface area contributed by atoms with Crippen molar-refractivity contribution in [3.05, 3.63) is 54.8 Å². The first-order valence-electron chi connectivity index (χ1n) is 8.08. The van der Waals surface area contributed by atoms with Crippen LogP contribution in [0.25, 0.3) is 22.7 Å². The number of nitrogens with one attached hydrogen (secondary N) is 2. The Hall–Kier alpha value is -3.88. The molecule has 4 rings (SSSR count). The summed E-state index contributed by atoms with van der Waals surface area (Å²) in [6, 6.07) is 6.89. The molecule has 4 heterocycles. The van der Waals surface area contributed by atoms with Crippen LogP contribution in [0.3, 0.4) is 0 Å². The van der Waals surface area contributed by atoms with Crippen molar-refractivity contribution in [2.24, 2.45) is 7.05 Å². The molecule has 0 aromatic carbocycles. The number of aromatic nitrogens is 5. The lowest BCUT2D eigenvalue weighted by atomic mass is 10.2. The maximum Gasteiger partial charge on any atom is 0.291 e. The molecule has 2 N–H and O–H groups in total. The van der Waals surface area contributed by atoms with Crippen molar-refractivity contribution < 1.29 is 13.9 Å². The highest BCUT2D eigenvalue weighted by Crippen LogP contribution is 2.27. The first kappa shape index (κ1) is 16.6. The summed E-state index contributed by atoms with van der Waals surface area (Å²) in [5.74, 6) is 0.996. The second kappa shape index (κ2) is 6.79. The lowest BCUT2D eigenvalue weighted by Gasteiger charge is -2.04. The van der Waals surface area contributed by atoms with E-state index in [0.717, 1.165) is 5.56 Å². The third-order valence-electron chi connectivity index (χ3n) is 3.90. The standard InChI is InChI=1S/C18H16N6O3/c1-24-10-14(17(23-24)13-4-3-12(26-2)9-19-13)22-18(25)16-6-5-15(27-16)11-7-20-21-8-11/h3-10H,1-2H3,(H,20,21)(H,22,25). The third-order valence-corrected chi connectivity index (χ3v) is 3.90. The monoisotopic (exact) mass is 364 g/mol. The van der Waals surface area contributed by atoms with Gasteiger partial charge in [0.05, 0.1) is 36.4 Å². The number of H-pyrrole nitrogens is 1. The minimum Gasteiger partial charge on any atom is -0.495 e. The molecule has 136 valence electrons. The van der Waals surface area contributed by atoms with Crippen LogP contribution in [0.4, 0.5) is 5.69 Å². The number of methoxy groups -OCH3 is 1. The van der Waals surface area contributed by atoms with Gasteiger partial charge in [-0.15, -0.1) is 0 Å². The largest absolute Gasteiger partial charge is 0.495 e. The fourth-order valence-electron chi connectivity index (χ4n) is 2.59. The zero-order valence-corrected chi connectivity index (χ0v) is 14.6. The molecule has 0 bridgehead atoms. The molecule has 27 heavy (non-hydrogen) atoms. The van der Waals surface area contributed by atoms with Gasteiger partial charge in [-0.25, -0.2) is 0 Å². The maximum atomic E-state index is 12.6. The summed E-state index contributed by atoms with van der Waals surface area (Å²) in [5.41, 5.74) is 2.46. The zero-order valence-electron chi connectivity index (χ0n) is 14.6. The predicted octanol–water partition coefficient (Wildman–Crippen LogP) is 2.73. The zero-order chi connectivity index (χ0) is 18.8. The van der Waals surface area contributed by atoms with Gasteiger partial charge in [-0.2, -0.15) is 10.2 Å². The van der Waals surface area contributed by atoms with Crippen LogP contribution in [-0.4, -0.2) is 38.0 Å². The lowest BCUT2D eigenvalue weighted by Crippen LogP contribution is -2.11. The van der Waals surface area contributed by atoms with E-state index in [1.54, 1.807) is 67.9 Å². The second-order valence-corrected chi connectivity index (χ2v) is 5.75. The Kier molecular flexibility index (Phi) is 4.17. The number of aromatic amines is 1. The molecular weight excluding hydrogens is 348 g/mol. The first-order valence-corrected chi connectivity index (χ1v) is 8.08. The van der Waals surface area contributed by atoms with Gasteiger partial charge in [0.25, 0.3) is 5.91 Å². The van der Waals surface area contributed by atoms with Gasteiger partial charge in [0, 0.05) is 19.4 Å². The topological polar surface area (TPSA) is 111 Å². The lowest BCUT2D eigenvalue weighted by molar-refractivity contribution is 0.0997. The molecule has 9 heteroatoms. The van der Waals surface area contributed by atoms with Crippen LogP contribution in [0.5, 0.6) is 5.75 Å². The molecule has 0 saturated carbocycles. The molecular formula is C18H16N6O3. The number of nitrogens with zero attached hydrogens (tertiary/aromatic N) is 4. The summed E-state index contributed by atoms with van der Waals surface area (Å²) in [6.07, 6.45) is 6.61. The van der Waals surface area contributed by atoms with E-state index < -0.39 is 0 Å². The van der Waals surface area contributed by atoms with E-state index in [4.69, 9.17) is 9.15 Å². The number of rotatable bonds is 5. The molecule has 0 aliphatic carbocycles. The number of carbonyl (C=O) groups is 1. The van der Waals surface area contributed by atoms with Crippen molar-refractivity contribution in [2.75, 3.05) is 12.4 Å². The minimum atomic E-state index is -0.382. The Morgan fingerprint density at radius 2 is 2.15 bits per heavy atom. The maximum absolute atomic E-state index is 12.6. The van der Waals surface area contributed by atoms with Crippen LogP contribution in [0.2, 0.25) is 0 Å². The van der Waals surface area contributed by atoms with E-state index in [-0.39, 0.29) is 11.7 Å².